The van der Waals surface area contributed by atoms with Crippen LogP contribution in [0.4, 0.5) is 4.39 Å². The molecular weight excluding hydrogens is 517 g/mol. The molecule has 1 N–H and O–H groups in total. The average molecular weight is 542 g/mol. The highest BCUT2D eigenvalue weighted by Gasteiger charge is 2.38. The average Bonchev–Trinajstić information content (AvgIpc) is 3.62. The van der Waals surface area contributed by atoms with Crippen LogP contribution in [0.15, 0.2) is 53.9 Å². The number of esters is 1. The maximum atomic E-state index is 13.5. The lowest BCUT2D eigenvalue weighted by Gasteiger charge is -2.26. The van der Waals surface area contributed by atoms with E-state index < -0.39 is 35.7 Å². The number of nitrogens with one attached hydrogen (secondary N) is 1. The summed E-state index contributed by atoms with van der Waals surface area (Å²) in [6.07, 6.45) is 3.11. The van der Waals surface area contributed by atoms with Gasteiger partial charge in [0.1, 0.15) is 18.2 Å². The van der Waals surface area contributed by atoms with Crippen LogP contribution in [0.3, 0.4) is 0 Å². The zero-order chi connectivity index (χ0) is 27.1. The number of carbonyl (C=O) groups is 3. The third-order valence-electron chi connectivity index (χ3n) is 5.83. The Labute approximate surface area is 222 Å². The molecule has 0 fully saturated rings. The maximum absolute atomic E-state index is 13.5. The third-order valence-corrected chi connectivity index (χ3v) is 6.06. The highest BCUT2D eigenvalue weighted by Crippen LogP contribution is 2.26. The van der Waals surface area contributed by atoms with Crippen molar-refractivity contribution in [3.8, 4) is 5.69 Å². The Balaban J connectivity index is 1.50. The minimum absolute atomic E-state index is 0.0700. The van der Waals surface area contributed by atoms with E-state index in [9.17, 15) is 18.8 Å². The van der Waals surface area contributed by atoms with E-state index in [1.54, 1.807) is 18.2 Å². The predicted molar refractivity (Wildman–Crippen MR) is 135 cm³/mol. The number of unbranched alkanes of at least 4 members (excludes halogenated alkanes) is 1. The predicted octanol–water partition coefficient (Wildman–Crippen LogP) is 3.13. The Kier molecular flexibility index (Phi) is 8.74. The minimum atomic E-state index is -1.38. The topological polar surface area (TPSA) is 132 Å². The van der Waals surface area contributed by atoms with Crippen molar-refractivity contribution in [2.45, 2.75) is 51.3 Å². The van der Waals surface area contributed by atoms with Gasteiger partial charge in [-0.1, -0.05) is 37.1 Å². The molecule has 0 aliphatic carbocycles. The summed E-state index contributed by atoms with van der Waals surface area (Å²) in [7, 11) is 0. The van der Waals surface area contributed by atoms with Gasteiger partial charge in [0.2, 0.25) is 12.0 Å². The first-order valence-electron chi connectivity index (χ1n) is 12.0. The number of ether oxygens (including phenoxy) is 1. The van der Waals surface area contributed by atoms with Crippen LogP contribution < -0.4 is 5.32 Å². The van der Waals surface area contributed by atoms with E-state index in [1.807, 2.05) is 6.92 Å². The van der Waals surface area contributed by atoms with Gasteiger partial charge in [-0.15, -0.1) is 5.10 Å². The molecule has 3 aromatic rings. The van der Waals surface area contributed by atoms with E-state index in [4.69, 9.17) is 16.3 Å². The normalized spacial score (nSPS) is 15.3. The van der Waals surface area contributed by atoms with Crippen LogP contribution in [0.2, 0.25) is 5.02 Å². The number of amides is 2. The third kappa shape index (κ3) is 6.38. The number of tetrazole rings is 1. The van der Waals surface area contributed by atoms with Gasteiger partial charge in [-0.05, 0) is 52.7 Å². The van der Waals surface area contributed by atoms with Gasteiger partial charge < -0.3 is 10.1 Å². The fraction of sp³-hybridized carbons (Fsp3) is 0.320. The van der Waals surface area contributed by atoms with Gasteiger partial charge in [-0.2, -0.15) is 5.10 Å². The first kappa shape index (κ1) is 26.9. The number of aromatic nitrogens is 4. The van der Waals surface area contributed by atoms with Gasteiger partial charge in [0.05, 0.1) is 5.69 Å². The molecule has 2 atom stereocenters. The lowest BCUT2D eigenvalue weighted by molar-refractivity contribution is -0.162. The molecule has 38 heavy (non-hydrogen) atoms. The van der Waals surface area contributed by atoms with E-state index in [2.05, 4.69) is 25.9 Å². The van der Waals surface area contributed by atoms with E-state index in [0.29, 0.717) is 22.7 Å². The zero-order valence-electron chi connectivity index (χ0n) is 20.5. The molecule has 2 heterocycles. The van der Waals surface area contributed by atoms with Crippen molar-refractivity contribution in [3.63, 3.8) is 0 Å². The SMILES string of the molecule is CCCCC(=O)OC(C(=O)N1N=CC[C@H]1C(=O)NCc1cc(Cl)ccc1-n1cnnn1)c1ccc(F)cc1. The summed E-state index contributed by atoms with van der Waals surface area (Å²) in [4.78, 5) is 39.1. The molecule has 0 saturated carbocycles. The fourth-order valence-corrected chi connectivity index (χ4v) is 4.06. The second-order valence-electron chi connectivity index (χ2n) is 8.50. The molecule has 1 unspecified atom stereocenters. The highest BCUT2D eigenvalue weighted by molar-refractivity contribution is 6.30. The molecule has 1 aromatic heterocycles. The van der Waals surface area contributed by atoms with E-state index >= 15 is 0 Å². The monoisotopic (exact) mass is 541 g/mol. The van der Waals surface area contributed by atoms with E-state index in [0.717, 1.165) is 11.4 Å². The summed E-state index contributed by atoms with van der Waals surface area (Å²) in [5.74, 6) is -2.27. The van der Waals surface area contributed by atoms with Crippen molar-refractivity contribution in [1.29, 1.82) is 0 Å². The van der Waals surface area contributed by atoms with Crippen molar-refractivity contribution in [3.05, 3.63) is 70.8 Å². The summed E-state index contributed by atoms with van der Waals surface area (Å²) < 4.78 is 20.4. The highest BCUT2D eigenvalue weighted by atomic mass is 35.5. The number of carbonyl (C=O) groups excluding carboxylic acids is 3. The number of halogens is 2. The number of hydrogen-bond donors (Lipinski definition) is 1. The maximum Gasteiger partial charge on any atom is 0.306 e. The van der Waals surface area contributed by atoms with Crippen molar-refractivity contribution in [2.24, 2.45) is 5.10 Å². The van der Waals surface area contributed by atoms with Crippen LogP contribution in [-0.2, 0) is 25.7 Å². The molecule has 1 aliphatic heterocycles. The molecule has 4 rings (SSSR count). The Hall–Kier alpha value is -4.19. The lowest BCUT2D eigenvalue weighted by Crippen LogP contribution is -2.46. The molecule has 0 radical (unpaired) electrons. The number of nitrogens with zero attached hydrogens (tertiary/aromatic N) is 6. The molecule has 0 bridgehead atoms. The smallest absolute Gasteiger partial charge is 0.306 e. The van der Waals surface area contributed by atoms with E-state index in [-0.39, 0.29) is 24.9 Å². The standard InChI is InChI=1S/C25H25ClFN7O4/c1-2-3-4-22(35)38-23(16-5-8-19(27)9-6-16)25(37)34-21(11-12-30-34)24(36)28-14-17-13-18(26)7-10-20(17)33-15-29-31-32-33/h5-10,12-13,15,21,23H,2-4,11,14H2,1H3,(H,28,36)/t21-,23?/m0/s1. The number of hydrazone groups is 1. The summed E-state index contributed by atoms with van der Waals surface area (Å²) in [6.45, 7) is 1.99. The van der Waals surface area contributed by atoms with Crippen LogP contribution in [0.5, 0.6) is 0 Å². The van der Waals surface area contributed by atoms with Gasteiger partial charge in [0.25, 0.3) is 5.91 Å². The van der Waals surface area contributed by atoms with Crippen molar-refractivity contribution in [1.82, 2.24) is 30.5 Å². The molecule has 1 aliphatic rings. The van der Waals surface area contributed by atoms with Crippen LogP contribution in [-0.4, -0.2) is 55.3 Å². The van der Waals surface area contributed by atoms with Gasteiger partial charge >= 0.3 is 5.97 Å². The Morgan fingerprint density at radius 2 is 2.00 bits per heavy atom. The van der Waals surface area contributed by atoms with Gasteiger partial charge in [-0.25, -0.2) is 14.1 Å². The molecule has 198 valence electrons. The summed E-state index contributed by atoms with van der Waals surface area (Å²) in [6, 6.07) is 9.14. The molecule has 0 saturated heterocycles. The van der Waals surface area contributed by atoms with Gasteiger partial charge in [0, 0.05) is 36.2 Å². The van der Waals surface area contributed by atoms with Crippen LogP contribution in [0.1, 0.15) is 49.8 Å². The summed E-state index contributed by atoms with van der Waals surface area (Å²) >= 11 is 6.15. The number of hydrogen-bond acceptors (Lipinski definition) is 8. The molecule has 11 nitrogen and oxygen atoms in total. The van der Waals surface area contributed by atoms with Crippen molar-refractivity contribution in [2.75, 3.05) is 0 Å². The Morgan fingerprint density at radius 3 is 2.71 bits per heavy atom. The van der Waals surface area contributed by atoms with Gasteiger partial charge in [-0.3, -0.25) is 14.4 Å². The summed E-state index contributed by atoms with van der Waals surface area (Å²) in [5.41, 5.74) is 1.53. The molecule has 2 amide bonds. The quantitative estimate of drug-likeness (QED) is 0.390. The second kappa shape index (κ2) is 12.4. The van der Waals surface area contributed by atoms with Gasteiger partial charge in [0.15, 0.2) is 0 Å². The number of benzene rings is 2. The fourth-order valence-electron chi connectivity index (χ4n) is 3.87. The Bertz CT molecular complexity index is 1320. The molecule has 0 spiro atoms. The molecular formula is C25H25ClFN7O4. The summed E-state index contributed by atoms with van der Waals surface area (Å²) in [5, 5.41) is 19.5. The largest absolute Gasteiger partial charge is 0.447 e. The molecule has 13 heteroatoms. The van der Waals surface area contributed by atoms with Crippen LogP contribution >= 0.6 is 11.6 Å². The van der Waals surface area contributed by atoms with Crippen LogP contribution in [0.25, 0.3) is 5.69 Å². The van der Waals surface area contributed by atoms with Crippen molar-refractivity contribution >= 4 is 35.6 Å². The minimum Gasteiger partial charge on any atom is -0.447 e. The zero-order valence-corrected chi connectivity index (χ0v) is 21.2. The Morgan fingerprint density at radius 1 is 1.21 bits per heavy atom. The number of rotatable bonds is 10. The van der Waals surface area contributed by atoms with Crippen LogP contribution in [0, 0.1) is 5.82 Å². The lowest BCUT2D eigenvalue weighted by atomic mass is 10.1. The first-order chi connectivity index (χ1) is 18.4. The van der Waals surface area contributed by atoms with Crippen molar-refractivity contribution < 1.29 is 23.5 Å². The molecule has 2 aromatic carbocycles. The first-order valence-corrected chi connectivity index (χ1v) is 12.3. The second-order valence-corrected chi connectivity index (χ2v) is 8.94. The van der Waals surface area contributed by atoms with E-state index in [1.165, 1.54) is 41.5 Å².